The van der Waals surface area contributed by atoms with Crippen molar-refractivity contribution in [3.05, 3.63) is 58.7 Å². The summed E-state index contributed by atoms with van der Waals surface area (Å²) >= 11 is 0. The Bertz CT molecular complexity index is 825. The smallest absolute Gasteiger partial charge is 0.248 e. The first-order valence-corrected chi connectivity index (χ1v) is 9.63. The molecule has 0 aromatic heterocycles. The lowest BCUT2D eigenvalue weighted by molar-refractivity contribution is 0.0639. The molecular weight excluding hydrogens is 362 g/mol. The minimum absolute atomic E-state index is 0.0436. The fraction of sp³-hybridized carbons (Fsp3) is 0.409. The van der Waals surface area contributed by atoms with E-state index < -0.39 is 17.5 Å². The van der Waals surface area contributed by atoms with E-state index in [9.17, 15) is 13.6 Å². The van der Waals surface area contributed by atoms with Crippen LogP contribution in [0.3, 0.4) is 0 Å². The van der Waals surface area contributed by atoms with E-state index in [4.69, 9.17) is 10.5 Å². The first-order valence-electron chi connectivity index (χ1n) is 9.63. The molecule has 1 fully saturated rings. The molecule has 1 heterocycles. The largest absolute Gasteiger partial charge is 0.381 e. The van der Waals surface area contributed by atoms with E-state index in [2.05, 4.69) is 5.32 Å². The highest BCUT2D eigenvalue weighted by atomic mass is 19.1. The third-order valence-corrected chi connectivity index (χ3v) is 5.33. The standard InChI is InChI=1S/C22H26F2N2O2/c1-14-10-16(22(25)27)2-3-18(14)17-11-20(23)19(21(24)12-17)13-26-7-4-15-5-8-28-9-6-15/h2-3,10-12,15,26H,4-9,13H2,1H3,(H2,25,27). The summed E-state index contributed by atoms with van der Waals surface area (Å²) in [5.41, 5.74) is 7.53. The lowest BCUT2D eigenvalue weighted by Crippen LogP contribution is -2.22. The number of primary amides is 1. The molecule has 1 aliphatic rings. The number of carbonyl (C=O) groups is 1. The van der Waals surface area contributed by atoms with Crippen LogP contribution in [0.25, 0.3) is 11.1 Å². The second kappa shape index (κ2) is 9.26. The highest BCUT2D eigenvalue weighted by Gasteiger charge is 2.16. The van der Waals surface area contributed by atoms with E-state index in [0.29, 0.717) is 22.6 Å². The molecule has 4 nitrogen and oxygen atoms in total. The zero-order valence-electron chi connectivity index (χ0n) is 16.1. The van der Waals surface area contributed by atoms with Crippen molar-refractivity contribution in [1.29, 1.82) is 0 Å². The van der Waals surface area contributed by atoms with Gasteiger partial charge in [0.05, 0.1) is 0 Å². The number of aryl methyl sites for hydroxylation is 1. The molecule has 1 aliphatic heterocycles. The first kappa shape index (κ1) is 20.4. The Hall–Kier alpha value is -2.31. The third-order valence-electron chi connectivity index (χ3n) is 5.33. The summed E-state index contributed by atoms with van der Waals surface area (Å²) < 4.78 is 34.4. The van der Waals surface area contributed by atoms with E-state index in [-0.39, 0.29) is 12.1 Å². The molecule has 150 valence electrons. The molecule has 0 saturated carbocycles. The van der Waals surface area contributed by atoms with Crippen molar-refractivity contribution in [3.8, 4) is 11.1 Å². The lowest BCUT2D eigenvalue weighted by atomic mass is 9.96. The molecule has 1 saturated heterocycles. The monoisotopic (exact) mass is 388 g/mol. The van der Waals surface area contributed by atoms with Gasteiger partial charge in [-0.15, -0.1) is 0 Å². The van der Waals surface area contributed by atoms with Crippen molar-refractivity contribution in [2.45, 2.75) is 32.7 Å². The van der Waals surface area contributed by atoms with Gasteiger partial charge in [-0.3, -0.25) is 4.79 Å². The van der Waals surface area contributed by atoms with Gasteiger partial charge >= 0.3 is 0 Å². The molecule has 28 heavy (non-hydrogen) atoms. The molecule has 2 aromatic carbocycles. The SMILES string of the molecule is Cc1cc(C(N)=O)ccc1-c1cc(F)c(CNCCC2CCOCC2)c(F)c1. The molecule has 1 amide bonds. The highest BCUT2D eigenvalue weighted by Crippen LogP contribution is 2.28. The van der Waals surface area contributed by atoms with E-state index in [1.54, 1.807) is 25.1 Å². The van der Waals surface area contributed by atoms with E-state index in [0.717, 1.165) is 44.6 Å². The summed E-state index contributed by atoms with van der Waals surface area (Å²) in [4.78, 5) is 11.3. The van der Waals surface area contributed by atoms with Crippen molar-refractivity contribution in [3.63, 3.8) is 0 Å². The number of ether oxygens (including phenoxy) is 1. The topological polar surface area (TPSA) is 64.4 Å². The third kappa shape index (κ3) is 4.94. The number of hydrogen-bond acceptors (Lipinski definition) is 3. The van der Waals surface area contributed by atoms with Gasteiger partial charge in [0.25, 0.3) is 0 Å². The minimum atomic E-state index is -0.577. The second-order valence-electron chi connectivity index (χ2n) is 7.33. The van der Waals surface area contributed by atoms with Crippen LogP contribution in [0.1, 0.15) is 40.7 Å². The van der Waals surface area contributed by atoms with E-state index >= 15 is 0 Å². The van der Waals surface area contributed by atoms with Crippen LogP contribution in [-0.4, -0.2) is 25.7 Å². The quantitative estimate of drug-likeness (QED) is 0.706. The van der Waals surface area contributed by atoms with Crippen molar-refractivity contribution in [2.24, 2.45) is 11.7 Å². The fourth-order valence-electron chi connectivity index (χ4n) is 3.62. The normalized spacial score (nSPS) is 15.0. The number of rotatable bonds is 7. The highest BCUT2D eigenvalue weighted by molar-refractivity contribution is 5.93. The molecule has 3 rings (SSSR count). The van der Waals surface area contributed by atoms with Crippen LogP contribution in [0.2, 0.25) is 0 Å². The Kier molecular flexibility index (Phi) is 6.75. The molecule has 0 radical (unpaired) electrons. The van der Waals surface area contributed by atoms with Crippen molar-refractivity contribution < 1.29 is 18.3 Å². The molecule has 0 unspecified atom stereocenters. The Morgan fingerprint density at radius 2 is 1.86 bits per heavy atom. The lowest BCUT2D eigenvalue weighted by Gasteiger charge is -2.22. The van der Waals surface area contributed by atoms with Crippen molar-refractivity contribution in [1.82, 2.24) is 5.32 Å². The number of amides is 1. The van der Waals surface area contributed by atoms with Crippen LogP contribution < -0.4 is 11.1 Å². The number of hydrogen-bond donors (Lipinski definition) is 2. The number of halogens is 2. The molecule has 0 bridgehead atoms. The first-order chi connectivity index (χ1) is 13.5. The molecule has 0 aliphatic carbocycles. The Morgan fingerprint density at radius 3 is 2.46 bits per heavy atom. The Morgan fingerprint density at radius 1 is 1.18 bits per heavy atom. The number of carbonyl (C=O) groups excluding carboxylic acids is 1. The summed E-state index contributed by atoms with van der Waals surface area (Å²) in [6.07, 6.45) is 3.08. The summed E-state index contributed by atoms with van der Waals surface area (Å²) in [7, 11) is 0. The summed E-state index contributed by atoms with van der Waals surface area (Å²) in [6.45, 7) is 4.26. The zero-order chi connectivity index (χ0) is 20.1. The number of nitrogens with one attached hydrogen (secondary N) is 1. The van der Waals surface area contributed by atoms with Crippen LogP contribution in [0.5, 0.6) is 0 Å². The van der Waals surface area contributed by atoms with E-state index in [1.807, 2.05) is 0 Å². The average Bonchev–Trinajstić information content (AvgIpc) is 2.67. The maximum absolute atomic E-state index is 14.5. The van der Waals surface area contributed by atoms with Gasteiger partial charge in [-0.25, -0.2) is 8.78 Å². The molecular formula is C22H26F2N2O2. The maximum atomic E-state index is 14.5. The summed E-state index contributed by atoms with van der Waals surface area (Å²) in [5, 5.41) is 3.15. The summed E-state index contributed by atoms with van der Waals surface area (Å²) in [5.74, 6) is -1.07. The molecule has 3 N–H and O–H groups in total. The van der Waals surface area contributed by atoms with Gasteiger partial charge in [-0.1, -0.05) is 6.07 Å². The zero-order valence-corrected chi connectivity index (χ0v) is 16.1. The average molecular weight is 388 g/mol. The van der Waals surface area contributed by atoms with Gasteiger partial charge in [-0.05, 0) is 79.6 Å². The van der Waals surface area contributed by atoms with Crippen LogP contribution >= 0.6 is 0 Å². The van der Waals surface area contributed by atoms with Crippen molar-refractivity contribution >= 4 is 5.91 Å². The number of nitrogens with two attached hydrogens (primary N) is 1. The predicted molar refractivity (Wildman–Crippen MR) is 105 cm³/mol. The van der Waals surface area contributed by atoms with Crippen LogP contribution in [0.4, 0.5) is 8.78 Å². The minimum Gasteiger partial charge on any atom is -0.381 e. The fourth-order valence-corrected chi connectivity index (χ4v) is 3.62. The Balaban J connectivity index is 1.66. The molecule has 0 spiro atoms. The second-order valence-corrected chi connectivity index (χ2v) is 7.33. The molecule has 0 atom stereocenters. The van der Waals surface area contributed by atoms with Gasteiger partial charge in [0, 0.05) is 30.9 Å². The maximum Gasteiger partial charge on any atom is 0.248 e. The van der Waals surface area contributed by atoms with Crippen LogP contribution in [0.15, 0.2) is 30.3 Å². The number of benzene rings is 2. The van der Waals surface area contributed by atoms with Gasteiger partial charge in [0.15, 0.2) is 0 Å². The summed E-state index contributed by atoms with van der Waals surface area (Å²) in [6, 6.07) is 7.52. The van der Waals surface area contributed by atoms with Gasteiger partial charge in [-0.2, -0.15) is 0 Å². The van der Waals surface area contributed by atoms with Gasteiger partial charge < -0.3 is 15.8 Å². The van der Waals surface area contributed by atoms with Crippen LogP contribution in [-0.2, 0) is 11.3 Å². The Labute approximate surface area is 164 Å². The van der Waals surface area contributed by atoms with Gasteiger partial charge in [0.1, 0.15) is 11.6 Å². The predicted octanol–water partition coefficient (Wildman–Crippen LogP) is 3.95. The van der Waals surface area contributed by atoms with E-state index in [1.165, 1.54) is 12.1 Å². The molecule has 2 aromatic rings. The molecule has 6 heteroatoms. The van der Waals surface area contributed by atoms with Crippen LogP contribution in [0, 0.1) is 24.5 Å². The van der Waals surface area contributed by atoms with Crippen molar-refractivity contribution in [2.75, 3.05) is 19.8 Å². The van der Waals surface area contributed by atoms with Gasteiger partial charge in [0.2, 0.25) is 5.91 Å².